The van der Waals surface area contributed by atoms with Gasteiger partial charge in [-0.15, -0.1) is 11.6 Å². The molecule has 2 unspecified atom stereocenters. The van der Waals surface area contributed by atoms with Gasteiger partial charge in [0, 0.05) is 12.0 Å². The molecule has 0 spiro atoms. The van der Waals surface area contributed by atoms with Crippen LogP contribution in [0.5, 0.6) is 0 Å². The van der Waals surface area contributed by atoms with E-state index in [-0.39, 0.29) is 5.38 Å². The van der Waals surface area contributed by atoms with Crippen molar-refractivity contribution in [2.24, 2.45) is 0 Å². The van der Waals surface area contributed by atoms with Crippen LogP contribution >= 0.6 is 11.6 Å². The predicted molar refractivity (Wildman–Crippen MR) is 77.3 cm³/mol. The van der Waals surface area contributed by atoms with E-state index in [9.17, 15) is 0 Å². The molecule has 1 fully saturated rings. The van der Waals surface area contributed by atoms with Gasteiger partial charge in [-0.2, -0.15) is 0 Å². The Hall–Kier alpha value is -0.530. The topological polar surface area (TPSA) is 9.23 Å². The van der Waals surface area contributed by atoms with E-state index in [1.807, 2.05) is 0 Å². The van der Waals surface area contributed by atoms with Crippen LogP contribution in [-0.2, 0) is 11.2 Å². The van der Waals surface area contributed by atoms with Gasteiger partial charge in [-0.1, -0.05) is 24.3 Å². The fourth-order valence-electron chi connectivity index (χ4n) is 2.58. The Labute approximate surface area is 115 Å². The van der Waals surface area contributed by atoms with E-state index in [2.05, 4.69) is 31.2 Å². The Morgan fingerprint density at radius 2 is 2.17 bits per heavy atom. The monoisotopic (exact) mass is 266 g/mol. The van der Waals surface area contributed by atoms with Gasteiger partial charge in [0.25, 0.3) is 0 Å². The van der Waals surface area contributed by atoms with E-state index in [1.54, 1.807) is 0 Å². The maximum Gasteiger partial charge on any atom is 0.0575 e. The van der Waals surface area contributed by atoms with Crippen LogP contribution in [0.3, 0.4) is 0 Å². The van der Waals surface area contributed by atoms with Gasteiger partial charge >= 0.3 is 0 Å². The largest absolute Gasteiger partial charge is 0.378 e. The molecule has 1 aliphatic rings. The third kappa shape index (κ3) is 4.29. The van der Waals surface area contributed by atoms with Crippen molar-refractivity contribution in [2.75, 3.05) is 6.61 Å². The number of hydrogen-bond acceptors (Lipinski definition) is 1. The van der Waals surface area contributed by atoms with Crippen LogP contribution in [0, 0.1) is 6.92 Å². The molecule has 1 aromatic carbocycles. The lowest BCUT2D eigenvalue weighted by Crippen LogP contribution is -2.20. The van der Waals surface area contributed by atoms with Crippen LogP contribution in [0.1, 0.15) is 43.2 Å². The summed E-state index contributed by atoms with van der Waals surface area (Å²) in [5.41, 5.74) is 2.72. The molecule has 1 heterocycles. The summed E-state index contributed by atoms with van der Waals surface area (Å²) in [7, 11) is 0. The Bertz CT molecular complexity index is 358. The summed E-state index contributed by atoms with van der Waals surface area (Å²) in [6.07, 6.45) is 7.35. The lowest BCUT2D eigenvalue weighted by Gasteiger charge is -2.23. The molecule has 0 saturated carbocycles. The highest BCUT2D eigenvalue weighted by molar-refractivity contribution is 6.20. The van der Waals surface area contributed by atoms with Crippen LogP contribution in [0.4, 0.5) is 0 Å². The van der Waals surface area contributed by atoms with E-state index in [4.69, 9.17) is 16.3 Å². The molecule has 1 saturated heterocycles. The fourth-order valence-corrected chi connectivity index (χ4v) is 2.87. The SMILES string of the molecule is Cc1ccccc1CC(Cl)CCC1CCCCO1. The number of hydrogen-bond donors (Lipinski definition) is 0. The number of rotatable bonds is 5. The zero-order chi connectivity index (χ0) is 12.8. The molecule has 100 valence electrons. The zero-order valence-corrected chi connectivity index (χ0v) is 12.0. The van der Waals surface area contributed by atoms with Crippen molar-refractivity contribution < 1.29 is 4.74 Å². The molecule has 0 bridgehead atoms. The first-order valence-corrected chi connectivity index (χ1v) is 7.49. The Balaban J connectivity index is 1.74. The third-order valence-electron chi connectivity index (χ3n) is 3.78. The minimum Gasteiger partial charge on any atom is -0.378 e. The van der Waals surface area contributed by atoms with Gasteiger partial charge in [0.15, 0.2) is 0 Å². The fraction of sp³-hybridized carbons (Fsp3) is 0.625. The molecule has 0 N–H and O–H groups in total. The van der Waals surface area contributed by atoms with Crippen LogP contribution in [0.2, 0.25) is 0 Å². The van der Waals surface area contributed by atoms with Gasteiger partial charge in [0.2, 0.25) is 0 Å². The molecule has 18 heavy (non-hydrogen) atoms. The van der Waals surface area contributed by atoms with Crippen molar-refractivity contribution in [1.29, 1.82) is 0 Å². The van der Waals surface area contributed by atoms with Crippen LogP contribution in [0.15, 0.2) is 24.3 Å². The Morgan fingerprint density at radius 3 is 2.89 bits per heavy atom. The second-order valence-corrected chi connectivity index (χ2v) is 5.91. The normalized spacial score (nSPS) is 21.8. The van der Waals surface area contributed by atoms with Gasteiger partial charge < -0.3 is 4.74 Å². The van der Waals surface area contributed by atoms with E-state index in [1.165, 1.54) is 30.4 Å². The molecule has 2 heteroatoms. The maximum atomic E-state index is 6.45. The minimum atomic E-state index is 0.233. The molecule has 0 amide bonds. The molecule has 0 aliphatic carbocycles. The Kier molecular flexibility index (Phi) is 5.52. The molecule has 2 atom stereocenters. The highest BCUT2D eigenvalue weighted by Gasteiger charge is 2.16. The van der Waals surface area contributed by atoms with Crippen molar-refractivity contribution in [3.05, 3.63) is 35.4 Å². The summed E-state index contributed by atoms with van der Waals surface area (Å²) < 4.78 is 5.74. The van der Waals surface area contributed by atoms with Crippen molar-refractivity contribution in [3.63, 3.8) is 0 Å². The number of aryl methyl sites for hydroxylation is 1. The first-order valence-electron chi connectivity index (χ1n) is 7.06. The third-order valence-corrected chi connectivity index (χ3v) is 4.15. The quantitative estimate of drug-likeness (QED) is 0.714. The lowest BCUT2D eigenvalue weighted by molar-refractivity contribution is 0.0100. The number of ether oxygens (including phenoxy) is 1. The average molecular weight is 267 g/mol. The molecule has 1 nitrogen and oxygen atoms in total. The summed E-state index contributed by atoms with van der Waals surface area (Å²) in [4.78, 5) is 0. The summed E-state index contributed by atoms with van der Waals surface area (Å²) in [6, 6.07) is 8.51. The lowest BCUT2D eigenvalue weighted by atomic mass is 9.99. The van der Waals surface area contributed by atoms with Gasteiger partial charge in [0.05, 0.1) is 6.10 Å². The number of benzene rings is 1. The van der Waals surface area contributed by atoms with E-state index in [0.717, 1.165) is 25.9 Å². The standard InChI is InChI=1S/C16H23ClO/c1-13-6-2-3-7-14(13)12-15(17)9-10-16-8-4-5-11-18-16/h2-3,6-7,15-16H,4-5,8-12H2,1H3. The van der Waals surface area contributed by atoms with Gasteiger partial charge in [-0.25, -0.2) is 0 Å². The highest BCUT2D eigenvalue weighted by atomic mass is 35.5. The smallest absolute Gasteiger partial charge is 0.0575 e. The van der Waals surface area contributed by atoms with Gasteiger partial charge in [-0.3, -0.25) is 0 Å². The second-order valence-electron chi connectivity index (χ2n) is 5.29. The van der Waals surface area contributed by atoms with Gasteiger partial charge in [-0.05, 0) is 56.6 Å². The molecule has 1 aliphatic heterocycles. The van der Waals surface area contributed by atoms with E-state index >= 15 is 0 Å². The summed E-state index contributed by atoms with van der Waals surface area (Å²) >= 11 is 6.45. The van der Waals surface area contributed by atoms with Crippen LogP contribution < -0.4 is 0 Å². The molecule has 0 radical (unpaired) electrons. The second kappa shape index (κ2) is 7.16. The van der Waals surface area contributed by atoms with Crippen molar-refractivity contribution in [1.82, 2.24) is 0 Å². The molecule has 2 rings (SSSR count). The average Bonchev–Trinajstić information content (AvgIpc) is 2.40. The number of alkyl halides is 1. The predicted octanol–water partition coefficient (Wildman–Crippen LogP) is 4.49. The first-order chi connectivity index (χ1) is 8.75. The Morgan fingerprint density at radius 1 is 1.33 bits per heavy atom. The van der Waals surface area contributed by atoms with E-state index < -0.39 is 0 Å². The molecule has 1 aromatic rings. The van der Waals surface area contributed by atoms with Crippen molar-refractivity contribution in [2.45, 2.75) is 56.9 Å². The van der Waals surface area contributed by atoms with Crippen LogP contribution in [-0.4, -0.2) is 18.1 Å². The van der Waals surface area contributed by atoms with Gasteiger partial charge in [0.1, 0.15) is 0 Å². The molecular weight excluding hydrogens is 244 g/mol. The first kappa shape index (κ1) is 13.9. The number of halogens is 1. The summed E-state index contributed by atoms with van der Waals surface area (Å²) in [5, 5.41) is 0.233. The summed E-state index contributed by atoms with van der Waals surface area (Å²) in [5.74, 6) is 0. The van der Waals surface area contributed by atoms with Crippen LogP contribution in [0.25, 0.3) is 0 Å². The van der Waals surface area contributed by atoms with E-state index in [0.29, 0.717) is 6.10 Å². The summed E-state index contributed by atoms with van der Waals surface area (Å²) in [6.45, 7) is 3.10. The van der Waals surface area contributed by atoms with Crippen molar-refractivity contribution in [3.8, 4) is 0 Å². The minimum absolute atomic E-state index is 0.233. The zero-order valence-electron chi connectivity index (χ0n) is 11.2. The highest BCUT2D eigenvalue weighted by Crippen LogP contribution is 2.21. The molecule has 0 aromatic heterocycles. The molecular formula is C16H23ClO. The maximum absolute atomic E-state index is 6.45. The van der Waals surface area contributed by atoms with Crippen molar-refractivity contribution >= 4 is 11.6 Å².